The molecule has 0 fully saturated rings. The predicted octanol–water partition coefficient (Wildman–Crippen LogP) is 1.87. The Morgan fingerprint density at radius 3 is 3.07 bits per heavy atom. The van der Waals surface area contributed by atoms with E-state index in [4.69, 9.17) is 5.10 Å². The molecule has 0 saturated carbocycles. The number of rotatable bonds is 4. The van der Waals surface area contributed by atoms with E-state index in [0.29, 0.717) is 6.54 Å². The molecule has 136 valence electrons. The van der Waals surface area contributed by atoms with E-state index in [9.17, 15) is 0 Å². The number of aromatic nitrogens is 7. The number of benzene rings is 1. The highest BCUT2D eigenvalue weighted by atomic mass is 15.3. The maximum Gasteiger partial charge on any atom is 0.160 e. The lowest BCUT2D eigenvalue weighted by Crippen LogP contribution is -2.11. The van der Waals surface area contributed by atoms with Crippen molar-refractivity contribution in [3.8, 4) is 17.2 Å². The normalized spacial score (nSPS) is 14.1. The molecule has 0 spiro atoms. The number of imidazole rings is 1. The van der Waals surface area contributed by atoms with Gasteiger partial charge >= 0.3 is 0 Å². The van der Waals surface area contributed by atoms with Crippen LogP contribution in [0, 0.1) is 0 Å². The SMILES string of the molecule is c1ccc(-n2cncn2)c(Cn2ccnc2-c2cc3n(n2)CCCNC3)c1. The number of nitrogens with zero attached hydrogens (tertiary/aromatic N) is 7. The molecule has 1 aliphatic heterocycles. The zero-order valence-corrected chi connectivity index (χ0v) is 14.9. The zero-order valence-electron chi connectivity index (χ0n) is 14.9. The standard InChI is InChI=1S/C19H20N8/c1-2-5-18(27-14-21-13-23-27)15(4-1)12-25-9-7-22-19(25)17-10-16-11-20-6-3-8-26(16)24-17/h1-2,4-5,7,9-10,13-14,20H,3,6,8,11-12H2. The van der Waals surface area contributed by atoms with Crippen LogP contribution in [0.5, 0.6) is 0 Å². The van der Waals surface area contributed by atoms with Crippen molar-refractivity contribution in [3.05, 3.63) is 66.6 Å². The van der Waals surface area contributed by atoms with Crippen LogP contribution in [0.3, 0.4) is 0 Å². The maximum absolute atomic E-state index is 4.79. The molecule has 4 aromatic rings. The van der Waals surface area contributed by atoms with Gasteiger partial charge in [-0.1, -0.05) is 18.2 Å². The average Bonchev–Trinajstić information content (AvgIpc) is 3.42. The molecule has 3 aromatic heterocycles. The third-order valence-electron chi connectivity index (χ3n) is 4.84. The topological polar surface area (TPSA) is 78.4 Å². The van der Waals surface area contributed by atoms with E-state index >= 15 is 0 Å². The molecular formula is C19H20N8. The molecule has 0 amide bonds. The van der Waals surface area contributed by atoms with Gasteiger partial charge in [-0.05, 0) is 30.7 Å². The molecule has 8 nitrogen and oxygen atoms in total. The Bertz CT molecular complexity index is 1020. The second-order valence-corrected chi connectivity index (χ2v) is 6.62. The summed E-state index contributed by atoms with van der Waals surface area (Å²) >= 11 is 0. The molecular weight excluding hydrogens is 340 g/mol. The Hall–Kier alpha value is -3.26. The molecule has 0 atom stereocenters. The Morgan fingerprint density at radius 1 is 1.19 bits per heavy atom. The summed E-state index contributed by atoms with van der Waals surface area (Å²) in [6, 6.07) is 10.3. The quantitative estimate of drug-likeness (QED) is 0.601. The number of fused-ring (bicyclic) bond motifs is 1. The van der Waals surface area contributed by atoms with Crippen molar-refractivity contribution >= 4 is 0 Å². The Morgan fingerprint density at radius 2 is 2.15 bits per heavy atom. The summed E-state index contributed by atoms with van der Waals surface area (Å²) in [5.74, 6) is 0.879. The zero-order chi connectivity index (χ0) is 18.1. The summed E-state index contributed by atoms with van der Waals surface area (Å²) in [5, 5.41) is 12.5. The highest BCUT2D eigenvalue weighted by Crippen LogP contribution is 2.22. The van der Waals surface area contributed by atoms with Crippen molar-refractivity contribution in [3.63, 3.8) is 0 Å². The van der Waals surface area contributed by atoms with E-state index in [0.717, 1.165) is 48.8 Å². The lowest BCUT2D eigenvalue weighted by molar-refractivity contribution is 0.588. The summed E-state index contributed by atoms with van der Waals surface area (Å²) in [4.78, 5) is 8.63. The summed E-state index contributed by atoms with van der Waals surface area (Å²) < 4.78 is 6.01. The minimum Gasteiger partial charge on any atom is -0.325 e. The van der Waals surface area contributed by atoms with E-state index in [2.05, 4.69) is 41.8 Å². The smallest absolute Gasteiger partial charge is 0.160 e. The van der Waals surface area contributed by atoms with Crippen molar-refractivity contribution in [2.45, 2.75) is 26.1 Å². The van der Waals surface area contributed by atoms with Crippen molar-refractivity contribution in [1.82, 2.24) is 39.4 Å². The fourth-order valence-corrected chi connectivity index (χ4v) is 3.53. The van der Waals surface area contributed by atoms with Crippen LogP contribution in [-0.2, 0) is 19.6 Å². The Kier molecular flexibility index (Phi) is 4.02. The van der Waals surface area contributed by atoms with Crippen LogP contribution >= 0.6 is 0 Å². The van der Waals surface area contributed by atoms with Gasteiger partial charge in [0, 0.05) is 25.5 Å². The van der Waals surface area contributed by atoms with Crippen LogP contribution < -0.4 is 5.32 Å². The molecule has 1 N–H and O–H groups in total. The van der Waals surface area contributed by atoms with Crippen molar-refractivity contribution in [2.75, 3.05) is 6.54 Å². The van der Waals surface area contributed by atoms with Crippen LogP contribution in [0.2, 0.25) is 0 Å². The summed E-state index contributed by atoms with van der Waals surface area (Å²) in [5.41, 5.74) is 4.28. The highest BCUT2D eigenvalue weighted by molar-refractivity contribution is 5.51. The van der Waals surface area contributed by atoms with Gasteiger partial charge in [0.1, 0.15) is 18.3 Å². The third kappa shape index (κ3) is 3.04. The van der Waals surface area contributed by atoms with Crippen molar-refractivity contribution in [2.24, 2.45) is 0 Å². The predicted molar refractivity (Wildman–Crippen MR) is 100 cm³/mol. The molecule has 0 radical (unpaired) electrons. The van der Waals surface area contributed by atoms with Gasteiger partial charge in [0.15, 0.2) is 5.82 Å². The lowest BCUT2D eigenvalue weighted by Gasteiger charge is -2.11. The largest absolute Gasteiger partial charge is 0.325 e. The molecule has 0 bridgehead atoms. The maximum atomic E-state index is 4.79. The molecule has 8 heteroatoms. The minimum atomic E-state index is 0.686. The summed E-state index contributed by atoms with van der Waals surface area (Å²) in [6.07, 6.45) is 8.18. The lowest BCUT2D eigenvalue weighted by atomic mass is 10.1. The molecule has 1 aliphatic rings. The Balaban J connectivity index is 1.49. The van der Waals surface area contributed by atoms with Gasteiger partial charge < -0.3 is 9.88 Å². The summed E-state index contributed by atoms with van der Waals surface area (Å²) in [6.45, 7) is 3.51. The van der Waals surface area contributed by atoms with Gasteiger partial charge in [0.25, 0.3) is 0 Å². The van der Waals surface area contributed by atoms with Crippen LogP contribution in [0.25, 0.3) is 17.2 Å². The van der Waals surface area contributed by atoms with Crippen molar-refractivity contribution in [1.29, 1.82) is 0 Å². The number of para-hydroxylation sites is 1. The fourth-order valence-electron chi connectivity index (χ4n) is 3.53. The second-order valence-electron chi connectivity index (χ2n) is 6.62. The molecule has 27 heavy (non-hydrogen) atoms. The Labute approximate surface area is 156 Å². The second kappa shape index (κ2) is 6.81. The molecule has 5 rings (SSSR count). The number of aryl methyl sites for hydroxylation is 1. The third-order valence-corrected chi connectivity index (χ3v) is 4.84. The first-order valence-electron chi connectivity index (χ1n) is 9.10. The highest BCUT2D eigenvalue weighted by Gasteiger charge is 2.16. The first-order valence-corrected chi connectivity index (χ1v) is 9.10. The average molecular weight is 360 g/mol. The monoisotopic (exact) mass is 360 g/mol. The number of hydrogen-bond donors (Lipinski definition) is 1. The summed E-state index contributed by atoms with van der Waals surface area (Å²) in [7, 11) is 0. The van der Waals surface area contributed by atoms with Gasteiger partial charge in [0.2, 0.25) is 0 Å². The number of hydrogen-bond acceptors (Lipinski definition) is 5. The van der Waals surface area contributed by atoms with Gasteiger partial charge in [-0.3, -0.25) is 4.68 Å². The first kappa shape index (κ1) is 16.0. The van der Waals surface area contributed by atoms with Crippen LogP contribution in [0.4, 0.5) is 0 Å². The van der Waals surface area contributed by atoms with Crippen LogP contribution in [0.1, 0.15) is 17.7 Å². The van der Waals surface area contributed by atoms with Gasteiger partial charge in [-0.15, -0.1) is 0 Å². The van der Waals surface area contributed by atoms with Crippen LogP contribution in [0.15, 0.2) is 55.4 Å². The molecule has 0 aliphatic carbocycles. The van der Waals surface area contributed by atoms with E-state index in [1.807, 2.05) is 30.6 Å². The first-order chi connectivity index (χ1) is 13.4. The van der Waals surface area contributed by atoms with E-state index in [-0.39, 0.29) is 0 Å². The molecule has 1 aromatic carbocycles. The van der Waals surface area contributed by atoms with Crippen LogP contribution in [-0.4, -0.2) is 40.6 Å². The fraction of sp³-hybridized carbons (Fsp3) is 0.263. The molecule has 0 saturated heterocycles. The van der Waals surface area contributed by atoms with E-state index < -0.39 is 0 Å². The number of nitrogens with one attached hydrogen (secondary N) is 1. The van der Waals surface area contributed by atoms with Gasteiger partial charge in [0.05, 0.1) is 17.9 Å². The van der Waals surface area contributed by atoms with Gasteiger partial charge in [-0.2, -0.15) is 10.2 Å². The van der Waals surface area contributed by atoms with E-state index in [1.54, 1.807) is 17.3 Å². The van der Waals surface area contributed by atoms with E-state index in [1.165, 1.54) is 5.69 Å². The van der Waals surface area contributed by atoms with Gasteiger partial charge in [-0.25, -0.2) is 14.6 Å². The van der Waals surface area contributed by atoms with Crippen molar-refractivity contribution < 1.29 is 0 Å². The molecule has 4 heterocycles. The minimum absolute atomic E-state index is 0.686. The molecule has 0 unspecified atom stereocenters.